The van der Waals surface area contributed by atoms with Crippen LogP contribution in [0.1, 0.15) is 112 Å². The van der Waals surface area contributed by atoms with Crippen LogP contribution in [-0.4, -0.2) is 31.5 Å². The van der Waals surface area contributed by atoms with Gasteiger partial charge in [0.1, 0.15) is 0 Å². The van der Waals surface area contributed by atoms with E-state index in [0.29, 0.717) is 23.7 Å². The molecule has 0 aromatic heterocycles. The molecule has 0 unspecified atom stereocenters. The van der Waals surface area contributed by atoms with Crippen molar-refractivity contribution in [1.82, 2.24) is 0 Å². The molecule has 0 aromatic rings. The first-order chi connectivity index (χ1) is 15.3. The van der Waals surface area contributed by atoms with Gasteiger partial charge in [0.25, 0.3) is 10.1 Å². The van der Waals surface area contributed by atoms with Gasteiger partial charge >= 0.3 is 0 Å². The fourth-order valence-electron chi connectivity index (χ4n) is 9.56. The second-order valence-corrected chi connectivity index (χ2v) is 15.2. The average Bonchev–Trinajstić information content (AvgIpc) is 3.04. The third-order valence-electron chi connectivity index (χ3n) is 11.3. The quantitative estimate of drug-likeness (QED) is 0.417. The molecule has 192 valence electrons. The van der Waals surface area contributed by atoms with Crippen LogP contribution in [0.15, 0.2) is 0 Å². The lowest BCUT2D eigenvalue weighted by molar-refractivity contribution is -0.217. The van der Waals surface area contributed by atoms with Crippen molar-refractivity contribution in [2.45, 2.75) is 123 Å². The topological polar surface area (TPSA) is 63.6 Å². The van der Waals surface area contributed by atoms with Gasteiger partial charge < -0.3 is 5.11 Å². The summed E-state index contributed by atoms with van der Waals surface area (Å²) in [5, 5.41) is 11.9. The first-order valence-corrected chi connectivity index (χ1v) is 15.7. The molecule has 4 nitrogen and oxygen atoms in total. The lowest BCUT2D eigenvalue weighted by Crippen LogP contribution is -2.63. The monoisotopic (exact) mass is 482 g/mol. The Bertz CT molecular complexity index is 809. The summed E-state index contributed by atoms with van der Waals surface area (Å²) in [6, 6.07) is 0. The van der Waals surface area contributed by atoms with Crippen LogP contribution in [-0.2, 0) is 14.3 Å². The van der Waals surface area contributed by atoms with E-state index >= 15 is 0 Å². The smallest absolute Gasteiger partial charge is 0.264 e. The molecule has 0 amide bonds. The Morgan fingerprint density at radius 1 is 0.939 bits per heavy atom. The molecule has 0 heterocycles. The summed E-state index contributed by atoms with van der Waals surface area (Å²) in [5.74, 6) is 4.54. The maximum absolute atomic E-state index is 11.9. The van der Waals surface area contributed by atoms with Crippen LogP contribution in [0.4, 0.5) is 0 Å². The van der Waals surface area contributed by atoms with Crippen molar-refractivity contribution in [3.63, 3.8) is 0 Å². The molecule has 5 heteroatoms. The minimum absolute atomic E-state index is 0.115. The Kier molecular flexibility index (Phi) is 7.13. The van der Waals surface area contributed by atoms with Gasteiger partial charge in [0.2, 0.25) is 0 Å². The molecule has 4 saturated carbocycles. The molecule has 4 fully saturated rings. The summed E-state index contributed by atoms with van der Waals surface area (Å²) >= 11 is 0. The van der Waals surface area contributed by atoms with E-state index in [1.165, 1.54) is 44.9 Å². The van der Waals surface area contributed by atoms with Crippen molar-refractivity contribution < 1.29 is 17.7 Å². The molecule has 0 spiro atoms. The molecule has 33 heavy (non-hydrogen) atoms. The standard InChI is InChI=1S/C28H50O4S/c1-19(2)8-7-9-20(3)23-10-11-24-22-13-17-28(29)18-21(32-33(6,30)31)12-16-27(28,5)25(22)14-15-26(23,24)4/h19-25,29H,7-18H2,1-6H3/t20-,21+,22+,23-,24+,25+,26-,27-,28-/m1/s1. The predicted molar refractivity (Wildman–Crippen MR) is 134 cm³/mol. The summed E-state index contributed by atoms with van der Waals surface area (Å²) in [6.07, 6.45) is 14.1. The molecule has 4 aliphatic rings. The van der Waals surface area contributed by atoms with E-state index in [4.69, 9.17) is 4.18 Å². The zero-order valence-electron chi connectivity index (χ0n) is 22.1. The predicted octanol–water partition coefficient (Wildman–Crippen LogP) is 6.57. The number of rotatable bonds is 7. The normalized spacial score (nSPS) is 46.5. The zero-order chi connectivity index (χ0) is 24.2. The number of hydrogen-bond donors (Lipinski definition) is 1. The molecular weight excluding hydrogens is 432 g/mol. The molecule has 0 bridgehead atoms. The van der Waals surface area contributed by atoms with E-state index in [2.05, 4.69) is 34.6 Å². The maximum Gasteiger partial charge on any atom is 0.264 e. The molecular formula is C28H50O4S. The van der Waals surface area contributed by atoms with Gasteiger partial charge in [-0.15, -0.1) is 0 Å². The Labute approximate surface area is 203 Å². The molecule has 0 radical (unpaired) electrons. The highest BCUT2D eigenvalue weighted by molar-refractivity contribution is 7.86. The maximum atomic E-state index is 11.9. The zero-order valence-corrected chi connectivity index (χ0v) is 22.9. The highest BCUT2D eigenvalue weighted by atomic mass is 32.2. The average molecular weight is 483 g/mol. The van der Waals surface area contributed by atoms with Gasteiger partial charge in [0.05, 0.1) is 18.0 Å². The van der Waals surface area contributed by atoms with Crippen molar-refractivity contribution in [3.05, 3.63) is 0 Å². The third-order valence-corrected chi connectivity index (χ3v) is 11.9. The second-order valence-electron chi connectivity index (χ2n) is 13.6. The lowest BCUT2D eigenvalue weighted by atomic mass is 9.43. The van der Waals surface area contributed by atoms with Gasteiger partial charge in [-0.05, 0) is 97.7 Å². The fourth-order valence-corrected chi connectivity index (χ4v) is 10.2. The van der Waals surface area contributed by atoms with Gasteiger partial charge in [0, 0.05) is 6.42 Å². The van der Waals surface area contributed by atoms with Crippen LogP contribution in [0.25, 0.3) is 0 Å². The number of hydrogen-bond acceptors (Lipinski definition) is 4. The van der Waals surface area contributed by atoms with Gasteiger partial charge in [-0.25, -0.2) is 0 Å². The minimum atomic E-state index is -3.49. The molecule has 0 saturated heterocycles. The summed E-state index contributed by atoms with van der Waals surface area (Å²) in [7, 11) is -3.49. The second kappa shape index (κ2) is 9.07. The summed E-state index contributed by atoms with van der Waals surface area (Å²) < 4.78 is 28.8. The Balaban J connectivity index is 1.47. The van der Waals surface area contributed by atoms with E-state index in [1.54, 1.807) is 0 Å². The van der Waals surface area contributed by atoms with Crippen LogP contribution in [0.2, 0.25) is 0 Å². The van der Waals surface area contributed by atoms with Crippen LogP contribution in [0.3, 0.4) is 0 Å². The Hall–Kier alpha value is -0.130. The molecule has 9 atom stereocenters. The van der Waals surface area contributed by atoms with Crippen molar-refractivity contribution >= 4 is 10.1 Å². The van der Waals surface area contributed by atoms with Gasteiger partial charge in [0.15, 0.2) is 0 Å². The van der Waals surface area contributed by atoms with E-state index in [9.17, 15) is 13.5 Å². The fraction of sp³-hybridized carbons (Fsp3) is 1.00. The van der Waals surface area contributed by atoms with Gasteiger partial charge in [-0.2, -0.15) is 8.42 Å². The van der Waals surface area contributed by atoms with Crippen molar-refractivity contribution in [2.75, 3.05) is 6.26 Å². The summed E-state index contributed by atoms with van der Waals surface area (Å²) in [5.41, 5.74) is -0.450. The van der Waals surface area contributed by atoms with Crippen molar-refractivity contribution in [3.8, 4) is 0 Å². The highest BCUT2D eigenvalue weighted by Gasteiger charge is 2.64. The summed E-state index contributed by atoms with van der Waals surface area (Å²) in [6.45, 7) is 12.1. The number of fused-ring (bicyclic) bond motifs is 5. The van der Waals surface area contributed by atoms with E-state index in [-0.39, 0.29) is 11.5 Å². The van der Waals surface area contributed by atoms with Crippen molar-refractivity contribution in [1.29, 1.82) is 0 Å². The number of aliphatic hydroxyl groups is 1. The molecule has 0 aromatic carbocycles. The minimum Gasteiger partial charge on any atom is -0.389 e. The third kappa shape index (κ3) is 4.69. The largest absolute Gasteiger partial charge is 0.389 e. The molecule has 0 aliphatic heterocycles. The van der Waals surface area contributed by atoms with Crippen LogP contribution in [0, 0.1) is 46.3 Å². The van der Waals surface area contributed by atoms with Gasteiger partial charge in [-0.3, -0.25) is 4.18 Å². The molecule has 1 N–H and O–H groups in total. The first-order valence-electron chi connectivity index (χ1n) is 13.9. The van der Waals surface area contributed by atoms with E-state index < -0.39 is 15.7 Å². The highest BCUT2D eigenvalue weighted by Crippen LogP contribution is 2.69. The van der Waals surface area contributed by atoms with Crippen LogP contribution >= 0.6 is 0 Å². The van der Waals surface area contributed by atoms with Crippen LogP contribution in [0.5, 0.6) is 0 Å². The van der Waals surface area contributed by atoms with E-state index in [1.807, 2.05) is 0 Å². The SMILES string of the molecule is CC(C)CCC[C@@H](C)[C@H]1CC[C@H]2[C@@H]3CC[C@@]4(O)C[C@@H](OS(C)(=O)=O)CC[C@]4(C)[C@H]3CC[C@]12C. The Morgan fingerprint density at radius 2 is 1.67 bits per heavy atom. The Morgan fingerprint density at radius 3 is 2.33 bits per heavy atom. The first kappa shape index (κ1) is 25.9. The van der Waals surface area contributed by atoms with E-state index in [0.717, 1.165) is 55.6 Å². The van der Waals surface area contributed by atoms with Crippen LogP contribution < -0.4 is 0 Å². The van der Waals surface area contributed by atoms with Gasteiger partial charge in [-0.1, -0.05) is 53.9 Å². The molecule has 4 rings (SSSR count). The lowest BCUT2D eigenvalue weighted by Gasteiger charge is -2.64. The summed E-state index contributed by atoms with van der Waals surface area (Å²) in [4.78, 5) is 0. The van der Waals surface area contributed by atoms with Crippen molar-refractivity contribution in [2.24, 2.45) is 46.3 Å². The molecule has 4 aliphatic carbocycles.